The molecule has 1 aromatic heterocycles. The number of urea groups is 1. The van der Waals surface area contributed by atoms with Crippen molar-refractivity contribution in [2.75, 3.05) is 13.1 Å². The van der Waals surface area contributed by atoms with Crippen molar-refractivity contribution in [3.8, 4) is 0 Å². The SMILES string of the molecule is CCC(C)NC(=O)N1CCC(c2nnc(C)o2)CC1. The quantitative estimate of drug-likeness (QED) is 0.909. The number of amides is 2. The van der Waals surface area contributed by atoms with Crippen molar-refractivity contribution in [1.29, 1.82) is 0 Å². The van der Waals surface area contributed by atoms with Gasteiger partial charge in [-0.2, -0.15) is 0 Å². The van der Waals surface area contributed by atoms with Crippen LogP contribution in [0.3, 0.4) is 0 Å². The molecule has 1 atom stereocenters. The van der Waals surface area contributed by atoms with Crippen LogP contribution in [0.5, 0.6) is 0 Å². The number of nitrogens with zero attached hydrogens (tertiary/aromatic N) is 3. The van der Waals surface area contributed by atoms with Crippen molar-refractivity contribution in [3.05, 3.63) is 11.8 Å². The summed E-state index contributed by atoms with van der Waals surface area (Å²) in [6.45, 7) is 7.37. The first kappa shape index (κ1) is 13.8. The van der Waals surface area contributed by atoms with Gasteiger partial charge >= 0.3 is 6.03 Å². The number of hydrogen-bond acceptors (Lipinski definition) is 4. The molecule has 0 aromatic carbocycles. The van der Waals surface area contributed by atoms with Gasteiger partial charge in [0.1, 0.15) is 0 Å². The molecule has 2 amide bonds. The lowest BCUT2D eigenvalue weighted by Gasteiger charge is -2.31. The van der Waals surface area contributed by atoms with E-state index in [2.05, 4.69) is 22.4 Å². The lowest BCUT2D eigenvalue weighted by Crippen LogP contribution is -2.46. The summed E-state index contributed by atoms with van der Waals surface area (Å²) in [5.74, 6) is 1.60. The zero-order valence-corrected chi connectivity index (χ0v) is 11.8. The summed E-state index contributed by atoms with van der Waals surface area (Å²) in [5, 5.41) is 10.9. The van der Waals surface area contributed by atoms with E-state index in [0.29, 0.717) is 11.8 Å². The molecule has 1 unspecified atom stereocenters. The number of carbonyl (C=O) groups is 1. The summed E-state index contributed by atoms with van der Waals surface area (Å²) in [6, 6.07) is 0.262. The lowest BCUT2D eigenvalue weighted by molar-refractivity contribution is 0.174. The molecule has 1 fully saturated rings. The topological polar surface area (TPSA) is 71.3 Å². The molecule has 1 aliphatic rings. The Morgan fingerprint density at radius 1 is 1.47 bits per heavy atom. The number of piperidine rings is 1. The predicted octanol–water partition coefficient (Wildman–Crippen LogP) is 2.07. The van der Waals surface area contributed by atoms with E-state index in [4.69, 9.17) is 4.42 Å². The molecule has 19 heavy (non-hydrogen) atoms. The third kappa shape index (κ3) is 3.45. The van der Waals surface area contributed by atoms with Crippen LogP contribution in [0.2, 0.25) is 0 Å². The molecule has 0 radical (unpaired) electrons. The zero-order chi connectivity index (χ0) is 13.8. The second kappa shape index (κ2) is 6.04. The fourth-order valence-corrected chi connectivity index (χ4v) is 2.21. The van der Waals surface area contributed by atoms with E-state index in [-0.39, 0.29) is 18.0 Å². The molecule has 6 heteroatoms. The van der Waals surface area contributed by atoms with E-state index in [9.17, 15) is 4.79 Å². The normalized spacial score (nSPS) is 18.4. The Morgan fingerprint density at radius 2 is 2.16 bits per heavy atom. The van der Waals surface area contributed by atoms with Crippen LogP contribution >= 0.6 is 0 Å². The van der Waals surface area contributed by atoms with Gasteiger partial charge in [-0.3, -0.25) is 0 Å². The second-order valence-electron chi connectivity index (χ2n) is 5.18. The Kier molecular flexibility index (Phi) is 4.39. The Hall–Kier alpha value is -1.59. The predicted molar refractivity (Wildman–Crippen MR) is 70.9 cm³/mol. The van der Waals surface area contributed by atoms with Crippen LogP contribution in [-0.2, 0) is 0 Å². The maximum atomic E-state index is 12.0. The first-order chi connectivity index (χ1) is 9.10. The van der Waals surface area contributed by atoms with Crippen molar-refractivity contribution in [2.45, 2.75) is 52.0 Å². The van der Waals surface area contributed by atoms with Crippen LogP contribution in [0.1, 0.15) is 50.8 Å². The number of likely N-dealkylation sites (tertiary alicyclic amines) is 1. The summed E-state index contributed by atoms with van der Waals surface area (Å²) in [6.07, 6.45) is 2.72. The Morgan fingerprint density at radius 3 is 2.68 bits per heavy atom. The molecule has 2 rings (SSSR count). The third-order valence-electron chi connectivity index (χ3n) is 3.66. The average Bonchev–Trinajstić information content (AvgIpc) is 2.85. The number of carbonyl (C=O) groups excluding carboxylic acids is 1. The maximum absolute atomic E-state index is 12.0. The van der Waals surface area contributed by atoms with E-state index < -0.39 is 0 Å². The number of hydrogen-bond donors (Lipinski definition) is 1. The molecule has 6 nitrogen and oxygen atoms in total. The Labute approximate surface area is 113 Å². The summed E-state index contributed by atoms with van der Waals surface area (Å²) in [5.41, 5.74) is 0. The highest BCUT2D eigenvalue weighted by Crippen LogP contribution is 2.26. The van der Waals surface area contributed by atoms with Gasteiger partial charge in [-0.05, 0) is 26.2 Å². The molecule has 1 saturated heterocycles. The van der Waals surface area contributed by atoms with Crippen LogP contribution < -0.4 is 5.32 Å². The Bertz CT molecular complexity index is 424. The Balaban J connectivity index is 1.83. The van der Waals surface area contributed by atoms with Crippen molar-refractivity contribution in [2.24, 2.45) is 0 Å². The minimum Gasteiger partial charge on any atom is -0.425 e. The molecule has 0 spiro atoms. The largest absolute Gasteiger partial charge is 0.425 e. The molecular weight excluding hydrogens is 244 g/mol. The average molecular weight is 266 g/mol. The second-order valence-corrected chi connectivity index (χ2v) is 5.18. The monoisotopic (exact) mass is 266 g/mol. The minimum absolute atomic E-state index is 0.0366. The maximum Gasteiger partial charge on any atom is 0.317 e. The van der Waals surface area contributed by atoms with Crippen molar-refractivity contribution in [1.82, 2.24) is 20.4 Å². The van der Waals surface area contributed by atoms with E-state index in [1.807, 2.05) is 11.8 Å². The van der Waals surface area contributed by atoms with Crippen molar-refractivity contribution < 1.29 is 9.21 Å². The van der Waals surface area contributed by atoms with Gasteiger partial charge in [0.05, 0.1) is 0 Å². The van der Waals surface area contributed by atoms with Crippen LogP contribution in [0.15, 0.2) is 4.42 Å². The van der Waals surface area contributed by atoms with Crippen LogP contribution in [0.4, 0.5) is 4.79 Å². The van der Waals surface area contributed by atoms with Crippen LogP contribution in [-0.4, -0.2) is 40.3 Å². The van der Waals surface area contributed by atoms with E-state index in [1.165, 1.54) is 0 Å². The highest BCUT2D eigenvalue weighted by atomic mass is 16.4. The third-order valence-corrected chi connectivity index (χ3v) is 3.66. The zero-order valence-electron chi connectivity index (χ0n) is 11.8. The number of rotatable bonds is 3. The summed E-state index contributed by atoms with van der Waals surface area (Å²) in [4.78, 5) is 13.8. The molecule has 2 heterocycles. The van der Waals surface area contributed by atoms with Crippen LogP contribution in [0, 0.1) is 6.92 Å². The highest BCUT2D eigenvalue weighted by molar-refractivity contribution is 5.74. The number of nitrogens with one attached hydrogen (secondary N) is 1. The van der Waals surface area contributed by atoms with Crippen LogP contribution in [0.25, 0.3) is 0 Å². The standard InChI is InChI=1S/C13H22N4O2/c1-4-9(2)14-13(18)17-7-5-11(6-8-17)12-16-15-10(3)19-12/h9,11H,4-8H2,1-3H3,(H,14,18). The van der Waals surface area contributed by atoms with Gasteiger partial charge in [0, 0.05) is 32.0 Å². The van der Waals surface area contributed by atoms with Crippen molar-refractivity contribution in [3.63, 3.8) is 0 Å². The first-order valence-electron chi connectivity index (χ1n) is 6.95. The molecular formula is C13H22N4O2. The van der Waals surface area contributed by atoms with Gasteiger partial charge in [0.15, 0.2) is 0 Å². The highest BCUT2D eigenvalue weighted by Gasteiger charge is 2.27. The first-order valence-corrected chi connectivity index (χ1v) is 6.95. The van der Waals surface area contributed by atoms with Gasteiger partial charge in [0.25, 0.3) is 0 Å². The summed E-state index contributed by atoms with van der Waals surface area (Å²) in [7, 11) is 0. The van der Waals surface area contributed by atoms with Gasteiger partial charge < -0.3 is 14.6 Å². The molecule has 1 aromatic rings. The van der Waals surface area contributed by atoms with E-state index in [0.717, 1.165) is 32.4 Å². The van der Waals surface area contributed by atoms with Gasteiger partial charge in [-0.1, -0.05) is 6.92 Å². The van der Waals surface area contributed by atoms with Gasteiger partial charge in [0.2, 0.25) is 11.8 Å². The molecule has 1 aliphatic heterocycles. The number of aryl methyl sites for hydroxylation is 1. The van der Waals surface area contributed by atoms with Gasteiger partial charge in [-0.25, -0.2) is 4.79 Å². The van der Waals surface area contributed by atoms with Crippen molar-refractivity contribution >= 4 is 6.03 Å². The molecule has 106 valence electrons. The molecule has 0 bridgehead atoms. The van der Waals surface area contributed by atoms with Gasteiger partial charge in [-0.15, -0.1) is 10.2 Å². The smallest absolute Gasteiger partial charge is 0.317 e. The van der Waals surface area contributed by atoms with E-state index in [1.54, 1.807) is 6.92 Å². The minimum atomic E-state index is 0.0366. The fourth-order valence-electron chi connectivity index (χ4n) is 2.21. The number of aromatic nitrogens is 2. The fraction of sp³-hybridized carbons (Fsp3) is 0.769. The summed E-state index contributed by atoms with van der Waals surface area (Å²) >= 11 is 0. The lowest BCUT2D eigenvalue weighted by atomic mass is 9.97. The molecule has 0 saturated carbocycles. The molecule has 0 aliphatic carbocycles. The van der Waals surface area contributed by atoms with E-state index >= 15 is 0 Å². The summed E-state index contributed by atoms with van der Waals surface area (Å²) < 4.78 is 5.46. The molecule has 1 N–H and O–H groups in total.